The highest BCUT2D eigenvalue weighted by atomic mass is 16.2. The number of piperazine rings is 1. The Hall–Kier alpha value is -1.42. The predicted octanol–water partition coefficient (Wildman–Crippen LogP) is 1.08. The molecule has 0 saturated carbocycles. The van der Waals surface area contributed by atoms with E-state index in [2.05, 4.69) is 10.3 Å². The fourth-order valence-electron chi connectivity index (χ4n) is 2.25. The first-order chi connectivity index (χ1) is 8.77. The summed E-state index contributed by atoms with van der Waals surface area (Å²) in [5.41, 5.74) is 1.25. The average molecular weight is 247 g/mol. The van der Waals surface area contributed by atoms with Gasteiger partial charge in [0.2, 0.25) is 5.91 Å². The third kappa shape index (κ3) is 3.53. The lowest BCUT2D eigenvalue weighted by molar-refractivity contribution is -0.135. The van der Waals surface area contributed by atoms with Gasteiger partial charge in [0.25, 0.3) is 0 Å². The topological polar surface area (TPSA) is 45.2 Å². The van der Waals surface area contributed by atoms with Crippen molar-refractivity contribution in [2.75, 3.05) is 26.2 Å². The van der Waals surface area contributed by atoms with Crippen molar-refractivity contribution in [3.8, 4) is 0 Å². The summed E-state index contributed by atoms with van der Waals surface area (Å²) in [7, 11) is 0. The third-order valence-corrected chi connectivity index (χ3v) is 3.47. The molecule has 0 radical (unpaired) electrons. The number of carbonyl (C=O) groups is 1. The molecule has 2 heterocycles. The number of aromatic nitrogens is 1. The van der Waals surface area contributed by atoms with Crippen LogP contribution in [0.3, 0.4) is 0 Å². The molecule has 1 amide bonds. The molecule has 1 fully saturated rings. The van der Waals surface area contributed by atoms with Crippen LogP contribution in [-0.2, 0) is 11.2 Å². The van der Waals surface area contributed by atoms with E-state index < -0.39 is 0 Å². The number of rotatable bonds is 4. The van der Waals surface area contributed by atoms with E-state index in [4.69, 9.17) is 0 Å². The van der Waals surface area contributed by atoms with Crippen LogP contribution in [0.4, 0.5) is 0 Å². The summed E-state index contributed by atoms with van der Waals surface area (Å²) < 4.78 is 0. The Balaban J connectivity index is 1.80. The summed E-state index contributed by atoms with van der Waals surface area (Å²) >= 11 is 0. The lowest BCUT2D eigenvalue weighted by atomic mass is 10.00. The van der Waals surface area contributed by atoms with Crippen LogP contribution in [0.1, 0.15) is 18.9 Å². The molecular weight excluding hydrogens is 226 g/mol. The number of hydrogen-bond acceptors (Lipinski definition) is 3. The molecule has 4 heteroatoms. The molecule has 2 rings (SSSR count). The summed E-state index contributed by atoms with van der Waals surface area (Å²) in [6.45, 7) is 5.56. The highest BCUT2D eigenvalue weighted by Gasteiger charge is 2.21. The van der Waals surface area contributed by atoms with Gasteiger partial charge in [-0.15, -0.1) is 0 Å². The van der Waals surface area contributed by atoms with Crippen molar-refractivity contribution in [3.63, 3.8) is 0 Å². The zero-order valence-corrected chi connectivity index (χ0v) is 10.9. The van der Waals surface area contributed by atoms with Gasteiger partial charge in [-0.05, 0) is 30.5 Å². The molecule has 1 aromatic rings. The third-order valence-electron chi connectivity index (χ3n) is 3.47. The monoisotopic (exact) mass is 247 g/mol. The van der Waals surface area contributed by atoms with E-state index in [9.17, 15) is 4.79 Å². The van der Waals surface area contributed by atoms with Crippen LogP contribution in [0, 0.1) is 5.92 Å². The second kappa shape index (κ2) is 6.50. The number of pyridine rings is 1. The number of amides is 1. The summed E-state index contributed by atoms with van der Waals surface area (Å²) in [6.07, 6.45) is 5.46. The second-order valence-electron chi connectivity index (χ2n) is 4.87. The highest BCUT2D eigenvalue weighted by Crippen LogP contribution is 2.12. The molecular formula is C14H21N3O. The maximum absolute atomic E-state index is 12.2. The van der Waals surface area contributed by atoms with Gasteiger partial charge in [0.1, 0.15) is 0 Å². The summed E-state index contributed by atoms with van der Waals surface area (Å²) in [5, 5.41) is 3.27. The van der Waals surface area contributed by atoms with Crippen LogP contribution >= 0.6 is 0 Å². The van der Waals surface area contributed by atoms with Gasteiger partial charge in [-0.2, -0.15) is 0 Å². The average Bonchev–Trinajstić information content (AvgIpc) is 2.46. The molecule has 1 N–H and O–H groups in total. The number of carbonyl (C=O) groups excluding carboxylic acids is 1. The van der Waals surface area contributed by atoms with Crippen LogP contribution in [0.5, 0.6) is 0 Å². The van der Waals surface area contributed by atoms with Crippen LogP contribution < -0.4 is 5.32 Å². The van der Waals surface area contributed by atoms with E-state index in [-0.39, 0.29) is 5.92 Å². The number of nitrogens with zero attached hydrogens (tertiary/aromatic N) is 2. The second-order valence-corrected chi connectivity index (χ2v) is 4.87. The summed E-state index contributed by atoms with van der Waals surface area (Å²) in [5.74, 6) is 0.404. The number of aryl methyl sites for hydroxylation is 1. The Kier molecular flexibility index (Phi) is 4.70. The highest BCUT2D eigenvalue weighted by molar-refractivity contribution is 5.78. The molecule has 1 aromatic heterocycles. The number of hydrogen-bond donors (Lipinski definition) is 1. The Morgan fingerprint density at radius 3 is 2.72 bits per heavy atom. The molecule has 1 saturated heterocycles. The van der Waals surface area contributed by atoms with Crippen molar-refractivity contribution in [3.05, 3.63) is 30.1 Å². The van der Waals surface area contributed by atoms with Gasteiger partial charge in [0.15, 0.2) is 0 Å². The van der Waals surface area contributed by atoms with Crippen molar-refractivity contribution in [2.24, 2.45) is 5.92 Å². The Labute approximate surface area is 108 Å². The molecule has 0 aliphatic carbocycles. The Bertz CT molecular complexity index is 374. The van der Waals surface area contributed by atoms with Gasteiger partial charge in [0, 0.05) is 44.5 Å². The quantitative estimate of drug-likeness (QED) is 0.866. The molecule has 1 unspecified atom stereocenters. The van der Waals surface area contributed by atoms with Gasteiger partial charge in [-0.1, -0.05) is 6.92 Å². The summed E-state index contributed by atoms with van der Waals surface area (Å²) in [6, 6.07) is 4.03. The van der Waals surface area contributed by atoms with Gasteiger partial charge in [-0.3, -0.25) is 9.78 Å². The maximum atomic E-state index is 12.2. The van der Waals surface area contributed by atoms with Crippen LogP contribution in [-0.4, -0.2) is 42.0 Å². The van der Waals surface area contributed by atoms with Gasteiger partial charge < -0.3 is 10.2 Å². The molecule has 1 aliphatic heterocycles. The number of nitrogens with one attached hydrogen (secondary N) is 1. The first kappa shape index (κ1) is 13.0. The fraction of sp³-hybridized carbons (Fsp3) is 0.571. The van der Waals surface area contributed by atoms with Crippen molar-refractivity contribution >= 4 is 5.91 Å². The minimum Gasteiger partial charge on any atom is -0.340 e. The molecule has 4 nitrogen and oxygen atoms in total. The van der Waals surface area contributed by atoms with E-state index in [0.717, 1.165) is 39.0 Å². The molecule has 0 spiro atoms. The van der Waals surface area contributed by atoms with E-state index >= 15 is 0 Å². The molecule has 1 aliphatic rings. The first-order valence-electron chi connectivity index (χ1n) is 6.66. The molecule has 98 valence electrons. The largest absolute Gasteiger partial charge is 0.340 e. The normalized spacial score (nSPS) is 17.5. The van der Waals surface area contributed by atoms with Crippen molar-refractivity contribution < 1.29 is 4.79 Å². The Morgan fingerprint density at radius 1 is 1.39 bits per heavy atom. The molecule has 1 atom stereocenters. The molecule has 0 aromatic carbocycles. The summed E-state index contributed by atoms with van der Waals surface area (Å²) in [4.78, 5) is 18.2. The van der Waals surface area contributed by atoms with E-state index in [1.165, 1.54) is 5.56 Å². The van der Waals surface area contributed by atoms with Gasteiger partial charge >= 0.3 is 0 Å². The molecule has 18 heavy (non-hydrogen) atoms. The predicted molar refractivity (Wildman–Crippen MR) is 71.2 cm³/mol. The van der Waals surface area contributed by atoms with E-state index in [0.29, 0.717) is 5.91 Å². The zero-order valence-electron chi connectivity index (χ0n) is 10.9. The van der Waals surface area contributed by atoms with Gasteiger partial charge in [0.05, 0.1) is 0 Å². The SMILES string of the molecule is CC(CCc1ccncc1)C(=O)N1CCNCC1. The molecule has 0 bridgehead atoms. The maximum Gasteiger partial charge on any atom is 0.225 e. The smallest absolute Gasteiger partial charge is 0.225 e. The zero-order chi connectivity index (χ0) is 12.8. The van der Waals surface area contributed by atoms with Crippen LogP contribution in [0.2, 0.25) is 0 Å². The minimum atomic E-state index is 0.108. The lowest BCUT2D eigenvalue weighted by Gasteiger charge is -2.29. The van der Waals surface area contributed by atoms with Crippen LogP contribution in [0.15, 0.2) is 24.5 Å². The minimum absolute atomic E-state index is 0.108. The van der Waals surface area contributed by atoms with Crippen molar-refractivity contribution in [2.45, 2.75) is 19.8 Å². The fourth-order valence-corrected chi connectivity index (χ4v) is 2.25. The van der Waals surface area contributed by atoms with Crippen molar-refractivity contribution in [1.82, 2.24) is 15.2 Å². The lowest BCUT2D eigenvalue weighted by Crippen LogP contribution is -2.48. The van der Waals surface area contributed by atoms with Gasteiger partial charge in [-0.25, -0.2) is 0 Å². The standard InChI is InChI=1S/C14H21N3O/c1-12(2-3-13-4-6-15-7-5-13)14(18)17-10-8-16-9-11-17/h4-7,12,16H,2-3,8-11H2,1H3. The van der Waals surface area contributed by atoms with Crippen LogP contribution in [0.25, 0.3) is 0 Å². The van der Waals surface area contributed by atoms with E-state index in [1.807, 2.05) is 24.0 Å². The van der Waals surface area contributed by atoms with E-state index in [1.54, 1.807) is 12.4 Å². The van der Waals surface area contributed by atoms with Crippen molar-refractivity contribution in [1.29, 1.82) is 0 Å². The Morgan fingerprint density at radius 2 is 2.06 bits per heavy atom. The first-order valence-corrected chi connectivity index (χ1v) is 6.66.